The average molecular weight is 317 g/mol. The van der Waals surface area contributed by atoms with Crippen LogP contribution in [0.1, 0.15) is 17.0 Å². The summed E-state index contributed by atoms with van der Waals surface area (Å²) in [7, 11) is 1.63. The first-order chi connectivity index (χ1) is 11.2. The first-order valence-electron chi connectivity index (χ1n) is 7.50. The number of fused-ring (bicyclic) bond motifs is 1. The topological polar surface area (TPSA) is 86.5 Å². The number of ether oxygens (including phenoxy) is 2. The van der Waals surface area contributed by atoms with E-state index in [0.29, 0.717) is 24.5 Å². The van der Waals surface area contributed by atoms with Crippen molar-refractivity contribution in [2.45, 2.75) is 19.8 Å². The van der Waals surface area contributed by atoms with Gasteiger partial charge < -0.3 is 14.8 Å². The molecule has 1 aliphatic rings. The van der Waals surface area contributed by atoms with Gasteiger partial charge >= 0.3 is 0 Å². The molecule has 7 nitrogen and oxygen atoms in total. The Hall–Kier alpha value is -2.57. The minimum Gasteiger partial charge on any atom is -0.497 e. The second-order valence-electron chi connectivity index (χ2n) is 5.63. The average Bonchev–Trinajstić information content (AvgIpc) is 2.97. The lowest BCUT2D eigenvalue weighted by molar-refractivity contribution is -0.120. The maximum absolute atomic E-state index is 12.0. The number of aromatic nitrogens is 2. The van der Waals surface area contributed by atoms with Gasteiger partial charge in [-0.05, 0) is 25.0 Å². The highest BCUT2D eigenvalue weighted by Gasteiger charge is 2.21. The summed E-state index contributed by atoms with van der Waals surface area (Å²) in [4.78, 5) is 12.0. The lowest BCUT2D eigenvalue weighted by Gasteiger charge is -2.25. The van der Waals surface area contributed by atoms with Crippen LogP contribution in [0.15, 0.2) is 22.8 Å². The molecule has 1 aromatic carbocycles. The van der Waals surface area contributed by atoms with Crippen molar-refractivity contribution < 1.29 is 18.9 Å². The predicted octanol–water partition coefficient (Wildman–Crippen LogP) is 1.30. The van der Waals surface area contributed by atoms with Crippen molar-refractivity contribution in [1.82, 2.24) is 15.6 Å². The van der Waals surface area contributed by atoms with Crippen LogP contribution in [0, 0.1) is 12.8 Å². The summed E-state index contributed by atoms with van der Waals surface area (Å²) in [6, 6.07) is 5.82. The molecule has 1 atom stereocenters. The fourth-order valence-electron chi connectivity index (χ4n) is 2.56. The van der Waals surface area contributed by atoms with E-state index in [4.69, 9.17) is 9.47 Å². The number of methoxy groups -OCH3 is 1. The first-order valence-corrected chi connectivity index (χ1v) is 7.50. The van der Waals surface area contributed by atoms with Crippen molar-refractivity contribution in [3.8, 4) is 11.5 Å². The molecule has 1 aromatic heterocycles. The highest BCUT2D eigenvalue weighted by atomic mass is 16.6. The second-order valence-corrected chi connectivity index (χ2v) is 5.63. The maximum atomic E-state index is 12.0. The normalized spacial score (nSPS) is 16.3. The standard InChI is InChI=1S/C16H19N3O4/c1-10-14(19-23-18-10)7-16(20)17-8-11-5-12-3-4-13(21-2)6-15(12)22-9-11/h3-4,6,11H,5,7-9H2,1-2H3,(H,17,20)/t11-/m1/s1. The first kappa shape index (κ1) is 15.3. The third-order valence-corrected chi connectivity index (χ3v) is 3.92. The Morgan fingerprint density at radius 2 is 2.30 bits per heavy atom. The van der Waals surface area contributed by atoms with Crippen LogP contribution < -0.4 is 14.8 Å². The molecule has 0 bridgehead atoms. The van der Waals surface area contributed by atoms with Crippen LogP contribution in [0.3, 0.4) is 0 Å². The van der Waals surface area contributed by atoms with Crippen LogP contribution in [0.25, 0.3) is 0 Å². The Labute approximate surface area is 133 Å². The summed E-state index contributed by atoms with van der Waals surface area (Å²) in [6.07, 6.45) is 1.04. The van der Waals surface area contributed by atoms with Crippen LogP contribution >= 0.6 is 0 Å². The number of hydrogen-bond donors (Lipinski definition) is 1. The van der Waals surface area contributed by atoms with E-state index in [9.17, 15) is 4.79 Å². The molecule has 0 spiro atoms. The van der Waals surface area contributed by atoms with E-state index in [2.05, 4.69) is 20.3 Å². The number of benzene rings is 1. The van der Waals surface area contributed by atoms with Gasteiger partial charge in [0.25, 0.3) is 0 Å². The third-order valence-electron chi connectivity index (χ3n) is 3.92. The summed E-state index contributed by atoms with van der Waals surface area (Å²) in [5.74, 6) is 1.80. The monoisotopic (exact) mass is 317 g/mol. The molecule has 3 rings (SSSR count). The molecule has 122 valence electrons. The van der Waals surface area contributed by atoms with E-state index in [1.54, 1.807) is 14.0 Å². The maximum Gasteiger partial charge on any atom is 0.226 e. The number of carbonyl (C=O) groups is 1. The molecule has 7 heteroatoms. The Morgan fingerprint density at radius 3 is 3.04 bits per heavy atom. The van der Waals surface area contributed by atoms with Gasteiger partial charge in [-0.1, -0.05) is 16.4 Å². The molecule has 1 amide bonds. The largest absolute Gasteiger partial charge is 0.497 e. The summed E-state index contributed by atoms with van der Waals surface area (Å²) >= 11 is 0. The molecule has 2 heterocycles. The van der Waals surface area contributed by atoms with Crippen molar-refractivity contribution in [3.05, 3.63) is 35.2 Å². The molecule has 1 N–H and O–H groups in total. The van der Waals surface area contributed by atoms with Crippen molar-refractivity contribution in [2.75, 3.05) is 20.3 Å². The smallest absolute Gasteiger partial charge is 0.226 e. The van der Waals surface area contributed by atoms with Crippen molar-refractivity contribution in [2.24, 2.45) is 5.92 Å². The van der Waals surface area contributed by atoms with Crippen LogP contribution in [0.5, 0.6) is 11.5 Å². The van der Waals surface area contributed by atoms with E-state index in [0.717, 1.165) is 23.5 Å². The Balaban J connectivity index is 1.51. The quantitative estimate of drug-likeness (QED) is 0.894. The van der Waals surface area contributed by atoms with E-state index in [1.807, 2.05) is 18.2 Å². The molecule has 0 saturated carbocycles. The summed E-state index contributed by atoms with van der Waals surface area (Å²) in [5, 5.41) is 10.3. The molecule has 0 aliphatic carbocycles. The van der Waals surface area contributed by atoms with E-state index >= 15 is 0 Å². The van der Waals surface area contributed by atoms with Gasteiger partial charge in [0.15, 0.2) is 0 Å². The number of carbonyl (C=O) groups excluding carboxylic acids is 1. The van der Waals surface area contributed by atoms with Gasteiger partial charge in [0.1, 0.15) is 22.9 Å². The van der Waals surface area contributed by atoms with Crippen molar-refractivity contribution >= 4 is 5.91 Å². The lowest BCUT2D eigenvalue weighted by Crippen LogP contribution is -2.35. The minimum atomic E-state index is -0.0932. The third kappa shape index (κ3) is 3.61. The van der Waals surface area contributed by atoms with Crippen LogP contribution in [-0.4, -0.2) is 36.5 Å². The van der Waals surface area contributed by atoms with E-state index < -0.39 is 0 Å². The number of nitrogens with one attached hydrogen (secondary N) is 1. The Bertz CT molecular complexity index is 698. The van der Waals surface area contributed by atoms with Gasteiger partial charge in [-0.2, -0.15) is 0 Å². The fourth-order valence-corrected chi connectivity index (χ4v) is 2.56. The van der Waals surface area contributed by atoms with Gasteiger partial charge in [-0.25, -0.2) is 4.63 Å². The van der Waals surface area contributed by atoms with Crippen LogP contribution in [-0.2, 0) is 17.6 Å². The highest BCUT2D eigenvalue weighted by Crippen LogP contribution is 2.30. The fraction of sp³-hybridized carbons (Fsp3) is 0.438. The summed E-state index contributed by atoms with van der Waals surface area (Å²) in [6.45, 7) is 2.90. The highest BCUT2D eigenvalue weighted by molar-refractivity contribution is 5.78. The number of nitrogens with zero attached hydrogens (tertiary/aromatic N) is 2. The van der Waals surface area contributed by atoms with E-state index in [1.165, 1.54) is 0 Å². The van der Waals surface area contributed by atoms with Crippen LogP contribution in [0.2, 0.25) is 0 Å². The zero-order valence-corrected chi connectivity index (χ0v) is 13.2. The van der Waals surface area contributed by atoms with Crippen molar-refractivity contribution in [3.63, 3.8) is 0 Å². The number of aryl methyl sites for hydroxylation is 1. The molecular weight excluding hydrogens is 298 g/mol. The SMILES string of the molecule is COc1ccc2c(c1)OC[C@@H](CNC(=O)Cc1nonc1C)C2. The number of hydrogen-bond acceptors (Lipinski definition) is 6. The zero-order chi connectivity index (χ0) is 16.2. The molecule has 23 heavy (non-hydrogen) atoms. The predicted molar refractivity (Wildman–Crippen MR) is 81.4 cm³/mol. The number of rotatable bonds is 5. The van der Waals surface area contributed by atoms with Crippen molar-refractivity contribution in [1.29, 1.82) is 0 Å². The molecule has 0 saturated heterocycles. The molecule has 0 radical (unpaired) electrons. The number of amides is 1. The van der Waals surface area contributed by atoms with Gasteiger partial charge in [-0.3, -0.25) is 4.79 Å². The molecular formula is C16H19N3O4. The lowest BCUT2D eigenvalue weighted by atomic mass is 9.96. The molecule has 1 aliphatic heterocycles. The minimum absolute atomic E-state index is 0.0932. The van der Waals surface area contributed by atoms with Gasteiger partial charge in [0.05, 0.1) is 20.1 Å². The molecule has 2 aromatic rings. The Kier molecular flexibility index (Phi) is 4.45. The summed E-state index contributed by atoms with van der Waals surface area (Å²) in [5.41, 5.74) is 2.34. The molecule has 0 unspecified atom stereocenters. The van der Waals surface area contributed by atoms with Gasteiger partial charge in [-0.15, -0.1) is 0 Å². The van der Waals surface area contributed by atoms with Gasteiger partial charge in [0, 0.05) is 18.5 Å². The second kappa shape index (κ2) is 6.68. The zero-order valence-electron chi connectivity index (χ0n) is 13.2. The van der Waals surface area contributed by atoms with E-state index in [-0.39, 0.29) is 18.2 Å². The summed E-state index contributed by atoms with van der Waals surface area (Å²) < 4.78 is 15.5. The van der Waals surface area contributed by atoms with Crippen LogP contribution in [0.4, 0.5) is 0 Å². The van der Waals surface area contributed by atoms with Gasteiger partial charge in [0.2, 0.25) is 5.91 Å². The molecule has 0 fully saturated rings. The Morgan fingerprint density at radius 1 is 1.43 bits per heavy atom.